The topological polar surface area (TPSA) is 88.6 Å². The van der Waals surface area contributed by atoms with Crippen molar-refractivity contribution in [3.63, 3.8) is 0 Å². The first kappa shape index (κ1) is 27.1. The molecule has 2 rings (SSSR count). The van der Waals surface area contributed by atoms with E-state index in [0.717, 1.165) is 4.57 Å². The lowest BCUT2D eigenvalue weighted by Gasteiger charge is -2.41. The molecule has 1 unspecified atom stereocenters. The summed E-state index contributed by atoms with van der Waals surface area (Å²) in [6.07, 6.45) is -3.26. The lowest BCUT2D eigenvalue weighted by molar-refractivity contribution is -0.138. The molecule has 32 heavy (non-hydrogen) atoms. The van der Waals surface area contributed by atoms with E-state index in [1.54, 1.807) is 0 Å². The van der Waals surface area contributed by atoms with Crippen molar-refractivity contribution in [3.05, 3.63) is 22.7 Å². The van der Waals surface area contributed by atoms with Gasteiger partial charge >= 0.3 is 11.6 Å². The van der Waals surface area contributed by atoms with Gasteiger partial charge in [-0.1, -0.05) is 41.5 Å². The molecule has 0 amide bonds. The van der Waals surface area contributed by atoms with Crippen LogP contribution in [-0.2, 0) is 13.6 Å². The second kappa shape index (κ2) is 8.57. The number of hydrogen-bond donors (Lipinski definition) is 1. The van der Waals surface area contributed by atoms with Crippen molar-refractivity contribution in [1.29, 1.82) is 0 Å². The Morgan fingerprint density at radius 1 is 1.12 bits per heavy atom. The van der Waals surface area contributed by atoms with Gasteiger partial charge in [-0.3, -0.25) is 4.57 Å². The number of nitrogens with zero attached hydrogens (tertiary/aromatic N) is 2. The van der Waals surface area contributed by atoms with E-state index in [1.807, 2.05) is 33.9 Å². The zero-order chi connectivity index (χ0) is 24.9. The summed E-state index contributed by atoms with van der Waals surface area (Å²) in [4.78, 5) is 15.9. The summed E-state index contributed by atoms with van der Waals surface area (Å²) in [6, 6.07) is 1.30. The van der Waals surface area contributed by atoms with E-state index in [2.05, 4.69) is 38.8 Å². The molecule has 0 radical (unpaired) electrons. The number of ether oxygens (including phenoxy) is 1. The van der Waals surface area contributed by atoms with Crippen LogP contribution in [0.25, 0.3) is 0 Å². The molecule has 7 nitrogen and oxygen atoms in total. The summed E-state index contributed by atoms with van der Waals surface area (Å²) in [5.41, 5.74) is 4.63. The molecule has 1 aliphatic rings. The fraction of sp³-hybridized carbons (Fsp3) is 0.810. The maximum Gasteiger partial charge on any atom is 0.351 e. The smallest absolute Gasteiger partial charge is 0.351 e. The number of alkyl halides is 2. The Morgan fingerprint density at radius 2 is 1.66 bits per heavy atom. The second-order valence-corrected chi connectivity index (χ2v) is 21.2. The van der Waals surface area contributed by atoms with Crippen LogP contribution in [0.4, 0.5) is 14.6 Å². The van der Waals surface area contributed by atoms with Gasteiger partial charge in [0, 0.05) is 6.20 Å². The van der Waals surface area contributed by atoms with Crippen LogP contribution < -0.4 is 11.4 Å². The molecule has 0 aliphatic carbocycles. The Bertz CT molecular complexity index is 879. The molecule has 1 aliphatic heterocycles. The molecule has 2 N–H and O–H groups in total. The molecule has 11 heteroatoms. The molecule has 2 heterocycles. The number of nitrogen functional groups attached to an aromatic ring is 1. The van der Waals surface area contributed by atoms with Crippen LogP contribution >= 0.6 is 0 Å². The number of aromatic nitrogens is 2. The van der Waals surface area contributed by atoms with Crippen molar-refractivity contribution in [2.75, 3.05) is 12.3 Å². The van der Waals surface area contributed by atoms with E-state index in [4.69, 9.17) is 19.3 Å². The van der Waals surface area contributed by atoms with Gasteiger partial charge in [0.1, 0.15) is 18.0 Å². The van der Waals surface area contributed by atoms with E-state index in [-0.39, 0.29) is 22.5 Å². The minimum Gasteiger partial charge on any atom is -0.414 e. The average Bonchev–Trinajstić information content (AvgIpc) is 2.82. The summed E-state index contributed by atoms with van der Waals surface area (Å²) in [7, 11) is -4.82. The maximum absolute atomic E-state index is 15.8. The standard InChI is InChI=1S/C21H39F2N3O4Si2/c1-19(2,3)31(7,8)28-13-14-16(30-32(9,10)20(4,5)6)21(22,23)17(29-14)26-12-11-15(24)25-18(26)27/h11-12,14,16-17H,13H2,1-10H3,(H2,24,25,27)/t14-,16-,17?/m0/s1. The first-order valence-corrected chi connectivity index (χ1v) is 16.7. The van der Waals surface area contributed by atoms with Crippen LogP contribution in [0.3, 0.4) is 0 Å². The molecular weight excluding hydrogens is 452 g/mol. The SMILES string of the molecule is CC(C)(C)[Si](C)(C)OC[C@@H]1OC(n2ccc(N)nc2=O)C(F)(F)[C@H]1O[Si](C)(C)C(C)(C)C. The molecule has 1 fully saturated rings. The normalized spacial score (nSPS) is 24.7. The van der Waals surface area contributed by atoms with Gasteiger partial charge in [0.2, 0.25) is 6.23 Å². The quantitative estimate of drug-likeness (QED) is 0.577. The van der Waals surface area contributed by atoms with Gasteiger partial charge in [-0.05, 0) is 42.3 Å². The predicted octanol–water partition coefficient (Wildman–Crippen LogP) is 4.77. The van der Waals surface area contributed by atoms with Crippen molar-refractivity contribution in [2.24, 2.45) is 0 Å². The molecule has 0 bridgehead atoms. The van der Waals surface area contributed by atoms with E-state index in [1.165, 1.54) is 12.3 Å². The van der Waals surface area contributed by atoms with Gasteiger partial charge in [-0.15, -0.1) is 0 Å². The fourth-order valence-corrected chi connectivity index (χ4v) is 5.16. The Hall–Kier alpha value is -1.15. The van der Waals surface area contributed by atoms with Gasteiger partial charge in [-0.2, -0.15) is 13.8 Å². The third-order valence-corrected chi connectivity index (χ3v) is 16.1. The number of hydrogen-bond acceptors (Lipinski definition) is 6. The third kappa shape index (κ3) is 5.32. The Morgan fingerprint density at radius 3 is 2.12 bits per heavy atom. The zero-order valence-electron chi connectivity index (χ0n) is 21.0. The summed E-state index contributed by atoms with van der Waals surface area (Å²) in [5, 5.41) is -0.382. The molecule has 0 saturated carbocycles. The van der Waals surface area contributed by atoms with Gasteiger partial charge in [-0.25, -0.2) is 4.79 Å². The second-order valence-electron chi connectivity index (χ2n) is 11.6. The minimum atomic E-state index is -3.47. The average molecular weight is 492 g/mol. The first-order chi connectivity index (χ1) is 14.2. The van der Waals surface area contributed by atoms with Crippen molar-refractivity contribution >= 4 is 22.5 Å². The van der Waals surface area contributed by atoms with E-state index >= 15 is 8.78 Å². The molecule has 0 aromatic carbocycles. The highest BCUT2D eigenvalue weighted by molar-refractivity contribution is 6.74. The number of anilines is 1. The van der Waals surface area contributed by atoms with Gasteiger partial charge in [0.15, 0.2) is 16.6 Å². The van der Waals surface area contributed by atoms with Gasteiger partial charge < -0.3 is 19.3 Å². The largest absolute Gasteiger partial charge is 0.414 e. The van der Waals surface area contributed by atoms with Crippen LogP contribution in [0.5, 0.6) is 0 Å². The monoisotopic (exact) mass is 491 g/mol. The molecule has 1 aromatic heterocycles. The van der Waals surface area contributed by atoms with Crippen molar-refractivity contribution in [2.45, 2.75) is 102 Å². The fourth-order valence-electron chi connectivity index (χ4n) is 2.85. The molecule has 3 atom stereocenters. The summed E-state index contributed by atoms with van der Waals surface area (Å²) in [6.45, 7) is 20.1. The van der Waals surface area contributed by atoms with Crippen LogP contribution in [0.1, 0.15) is 47.8 Å². The number of nitrogens with two attached hydrogens (primary N) is 1. The molecule has 184 valence electrons. The lowest BCUT2D eigenvalue weighted by Crippen LogP contribution is -2.53. The zero-order valence-corrected chi connectivity index (χ0v) is 23.0. The highest BCUT2D eigenvalue weighted by Crippen LogP contribution is 2.48. The Balaban J connectivity index is 2.45. The van der Waals surface area contributed by atoms with Crippen LogP contribution in [0, 0.1) is 0 Å². The van der Waals surface area contributed by atoms with Crippen molar-refractivity contribution in [3.8, 4) is 0 Å². The lowest BCUT2D eigenvalue weighted by atomic mass is 10.1. The van der Waals surface area contributed by atoms with E-state index in [0.29, 0.717) is 0 Å². The molecule has 1 aromatic rings. The van der Waals surface area contributed by atoms with Crippen LogP contribution in [-0.4, -0.2) is 50.9 Å². The van der Waals surface area contributed by atoms with E-state index in [9.17, 15) is 4.79 Å². The third-order valence-electron chi connectivity index (χ3n) is 7.10. The molecule has 1 saturated heterocycles. The van der Waals surface area contributed by atoms with Crippen LogP contribution in [0.2, 0.25) is 36.3 Å². The molecular formula is C21H39F2N3O4Si2. The summed E-state index contributed by atoms with van der Waals surface area (Å²) < 4.78 is 50.5. The Kier molecular flexibility index (Phi) is 7.26. The maximum atomic E-state index is 15.8. The number of rotatable bonds is 6. The highest BCUT2D eigenvalue weighted by Gasteiger charge is 2.63. The minimum absolute atomic E-state index is 0.0422. The number of halogens is 2. The predicted molar refractivity (Wildman–Crippen MR) is 127 cm³/mol. The van der Waals surface area contributed by atoms with Crippen LogP contribution in [0.15, 0.2) is 17.1 Å². The molecule has 0 spiro atoms. The van der Waals surface area contributed by atoms with Gasteiger partial charge in [0.05, 0.1) is 6.61 Å². The van der Waals surface area contributed by atoms with E-state index < -0.39 is 46.7 Å². The Labute approximate surface area is 191 Å². The first-order valence-electron chi connectivity index (χ1n) is 10.9. The van der Waals surface area contributed by atoms with Crippen molar-refractivity contribution < 1.29 is 22.4 Å². The van der Waals surface area contributed by atoms with Crippen molar-refractivity contribution in [1.82, 2.24) is 9.55 Å². The van der Waals surface area contributed by atoms with Gasteiger partial charge in [0.25, 0.3) is 0 Å². The highest BCUT2D eigenvalue weighted by atomic mass is 28.4. The summed E-state index contributed by atoms with van der Waals surface area (Å²) in [5.74, 6) is -3.52. The summed E-state index contributed by atoms with van der Waals surface area (Å²) >= 11 is 0.